The van der Waals surface area contributed by atoms with Crippen LogP contribution in [0.5, 0.6) is 5.75 Å². The van der Waals surface area contributed by atoms with Gasteiger partial charge in [0.2, 0.25) is 0 Å². The van der Waals surface area contributed by atoms with Crippen molar-refractivity contribution in [1.82, 2.24) is 15.0 Å². The molecule has 0 aliphatic carbocycles. The molecular weight excluding hydrogens is 390 g/mol. The standard InChI is InChI=1S/C25H25N3OS/c1-19-24(17-22-8-7-21-5-2-3-6-23(21)28-22)27-14-11-25(19)29-15-4-16-30-18-20-9-12-26-13-10-20/h2-3,5-14H,4,15-18H2,1H3. The van der Waals surface area contributed by atoms with Gasteiger partial charge < -0.3 is 4.74 Å². The fraction of sp³-hybridized carbons (Fsp3) is 0.240. The lowest BCUT2D eigenvalue weighted by molar-refractivity contribution is 0.316. The summed E-state index contributed by atoms with van der Waals surface area (Å²) in [6.45, 7) is 2.79. The van der Waals surface area contributed by atoms with Crippen molar-refractivity contribution in [1.29, 1.82) is 0 Å². The van der Waals surface area contributed by atoms with Gasteiger partial charge >= 0.3 is 0 Å². The van der Waals surface area contributed by atoms with Crippen LogP contribution in [0.4, 0.5) is 0 Å². The zero-order valence-electron chi connectivity index (χ0n) is 17.1. The minimum absolute atomic E-state index is 0.704. The molecule has 0 fully saturated rings. The molecule has 4 nitrogen and oxygen atoms in total. The molecule has 3 heterocycles. The molecule has 0 atom stereocenters. The Labute approximate surface area is 181 Å². The molecule has 1 aromatic carbocycles. The second-order valence-corrected chi connectivity index (χ2v) is 8.27. The van der Waals surface area contributed by atoms with Gasteiger partial charge in [-0.3, -0.25) is 15.0 Å². The fourth-order valence-electron chi connectivity index (χ4n) is 3.28. The van der Waals surface area contributed by atoms with Gasteiger partial charge in [-0.15, -0.1) is 0 Å². The molecular formula is C25H25N3OS. The zero-order chi connectivity index (χ0) is 20.6. The highest BCUT2D eigenvalue weighted by Gasteiger charge is 2.09. The fourth-order valence-corrected chi connectivity index (χ4v) is 4.18. The number of hydrogen-bond donors (Lipinski definition) is 0. The van der Waals surface area contributed by atoms with E-state index in [0.717, 1.165) is 51.5 Å². The average molecular weight is 416 g/mol. The Hall–Kier alpha value is -2.92. The molecule has 0 radical (unpaired) electrons. The van der Waals surface area contributed by atoms with E-state index in [-0.39, 0.29) is 0 Å². The summed E-state index contributed by atoms with van der Waals surface area (Å²) in [5, 5.41) is 1.16. The molecule has 0 N–H and O–H groups in total. The minimum Gasteiger partial charge on any atom is -0.493 e. The maximum atomic E-state index is 6.05. The number of nitrogens with zero attached hydrogens (tertiary/aromatic N) is 3. The van der Waals surface area contributed by atoms with E-state index in [4.69, 9.17) is 9.72 Å². The lowest BCUT2D eigenvalue weighted by atomic mass is 10.1. The largest absolute Gasteiger partial charge is 0.493 e. The smallest absolute Gasteiger partial charge is 0.125 e. The van der Waals surface area contributed by atoms with Gasteiger partial charge in [0, 0.05) is 47.4 Å². The first-order valence-corrected chi connectivity index (χ1v) is 11.3. The summed E-state index contributed by atoms with van der Waals surface area (Å²) in [7, 11) is 0. The van der Waals surface area contributed by atoms with Crippen molar-refractivity contribution in [2.45, 2.75) is 25.5 Å². The van der Waals surface area contributed by atoms with Crippen LogP contribution < -0.4 is 4.74 Å². The summed E-state index contributed by atoms with van der Waals surface area (Å²) in [5.41, 5.74) is 5.46. The van der Waals surface area contributed by atoms with Crippen LogP contribution in [0.1, 0.15) is 28.9 Å². The molecule has 3 aromatic heterocycles. The van der Waals surface area contributed by atoms with Gasteiger partial charge in [0.15, 0.2) is 0 Å². The SMILES string of the molecule is Cc1c(OCCCSCc2ccncc2)ccnc1Cc1ccc2ccccc2n1. The van der Waals surface area contributed by atoms with Crippen LogP contribution >= 0.6 is 11.8 Å². The molecule has 0 saturated heterocycles. The maximum absolute atomic E-state index is 6.05. The summed E-state index contributed by atoms with van der Waals surface area (Å²) in [4.78, 5) is 13.4. The molecule has 0 saturated carbocycles. The van der Waals surface area contributed by atoms with Crippen molar-refractivity contribution in [3.63, 3.8) is 0 Å². The molecule has 5 heteroatoms. The average Bonchev–Trinajstić information content (AvgIpc) is 2.79. The first kappa shape index (κ1) is 20.4. The third-order valence-corrected chi connectivity index (χ3v) is 6.09. The van der Waals surface area contributed by atoms with Crippen molar-refractivity contribution in [2.24, 2.45) is 0 Å². The Morgan fingerprint density at radius 3 is 2.70 bits per heavy atom. The molecule has 152 valence electrons. The van der Waals surface area contributed by atoms with Gasteiger partial charge in [-0.1, -0.05) is 24.3 Å². The Bertz CT molecular complexity index is 1100. The third kappa shape index (κ3) is 5.36. The number of thioether (sulfide) groups is 1. The van der Waals surface area contributed by atoms with Gasteiger partial charge in [-0.2, -0.15) is 11.8 Å². The summed E-state index contributed by atoms with van der Waals surface area (Å²) in [6, 6.07) is 18.5. The number of rotatable bonds is 9. The van der Waals surface area contributed by atoms with Crippen molar-refractivity contribution >= 4 is 22.7 Å². The Balaban J connectivity index is 1.30. The predicted molar refractivity (Wildman–Crippen MR) is 124 cm³/mol. The molecule has 0 bridgehead atoms. The van der Waals surface area contributed by atoms with Crippen LogP contribution in [0.2, 0.25) is 0 Å². The van der Waals surface area contributed by atoms with E-state index in [2.05, 4.69) is 47.2 Å². The van der Waals surface area contributed by atoms with Gasteiger partial charge in [-0.05, 0) is 55.0 Å². The summed E-state index contributed by atoms with van der Waals surface area (Å²) < 4.78 is 6.05. The predicted octanol–water partition coefficient (Wildman–Crippen LogP) is 5.63. The topological polar surface area (TPSA) is 47.9 Å². The maximum Gasteiger partial charge on any atom is 0.125 e. The molecule has 0 unspecified atom stereocenters. The van der Waals surface area contributed by atoms with E-state index >= 15 is 0 Å². The van der Waals surface area contributed by atoms with Crippen molar-refractivity contribution < 1.29 is 4.74 Å². The highest BCUT2D eigenvalue weighted by atomic mass is 32.2. The molecule has 0 aliphatic rings. The monoisotopic (exact) mass is 415 g/mol. The van der Waals surface area contributed by atoms with Gasteiger partial charge in [-0.25, -0.2) is 0 Å². The van der Waals surface area contributed by atoms with E-state index in [0.29, 0.717) is 13.0 Å². The molecule has 4 aromatic rings. The highest BCUT2D eigenvalue weighted by Crippen LogP contribution is 2.23. The van der Waals surface area contributed by atoms with Crippen molar-refractivity contribution in [2.75, 3.05) is 12.4 Å². The summed E-state index contributed by atoms with van der Waals surface area (Å²) in [6.07, 6.45) is 7.23. The van der Waals surface area contributed by atoms with Crippen LogP contribution in [0.25, 0.3) is 10.9 Å². The number of fused-ring (bicyclic) bond motifs is 1. The Kier molecular flexibility index (Phi) is 6.93. The van der Waals surface area contributed by atoms with Gasteiger partial charge in [0.25, 0.3) is 0 Å². The summed E-state index contributed by atoms with van der Waals surface area (Å²) >= 11 is 1.92. The highest BCUT2D eigenvalue weighted by molar-refractivity contribution is 7.98. The van der Waals surface area contributed by atoms with E-state index < -0.39 is 0 Å². The number of ether oxygens (including phenoxy) is 1. The van der Waals surface area contributed by atoms with E-state index in [1.54, 1.807) is 0 Å². The van der Waals surface area contributed by atoms with Crippen molar-refractivity contribution in [3.05, 3.63) is 95.7 Å². The quantitative estimate of drug-likeness (QED) is 0.332. The first-order valence-electron chi connectivity index (χ1n) is 10.2. The third-order valence-electron chi connectivity index (χ3n) is 4.97. The molecule has 0 spiro atoms. The van der Waals surface area contributed by atoms with Gasteiger partial charge in [0.05, 0.1) is 17.8 Å². The number of benzene rings is 1. The normalized spacial score (nSPS) is 11.0. The van der Waals surface area contributed by atoms with Gasteiger partial charge in [0.1, 0.15) is 5.75 Å². The van der Waals surface area contributed by atoms with E-state index in [1.165, 1.54) is 5.56 Å². The molecule has 30 heavy (non-hydrogen) atoms. The lowest BCUT2D eigenvalue weighted by Gasteiger charge is -2.12. The number of hydrogen-bond acceptors (Lipinski definition) is 5. The summed E-state index contributed by atoms with van der Waals surface area (Å²) in [5.74, 6) is 3.00. The second kappa shape index (κ2) is 10.2. The number of pyridine rings is 3. The van der Waals surface area contributed by atoms with E-state index in [1.807, 2.05) is 54.6 Å². The van der Waals surface area contributed by atoms with Crippen LogP contribution in [0, 0.1) is 6.92 Å². The Morgan fingerprint density at radius 1 is 0.933 bits per heavy atom. The van der Waals surface area contributed by atoms with Crippen LogP contribution in [0.3, 0.4) is 0 Å². The molecule has 4 rings (SSSR count). The van der Waals surface area contributed by atoms with Crippen molar-refractivity contribution in [3.8, 4) is 5.75 Å². The Morgan fingerprint density at radius 2 is 1.80 bits per heavy atom. The second-order valence-electron chi connectivity index (χ2n) is 7.16. The van der Waals surface area contributed by atoms with Crippen LogP contribution in [0.15, 0.2) is 73.2 Å². The molecule has 0 aliphatic heterocycles. The number of para-hydroxylation sites is 1. The van der Waals surface area contributed by atoms with Crippen LogP contribution in [-0.2, 0) is 12.2 Å². The number of aromatic nitrogens is 3. The molecule has 0 amide bonds. The first-order chi connectivity index (χ1) is 14.8. The minimum atomic E-state index is 0.704. The zero-order valence-corrected chi connectivity index (χ0v) is 17.9. The lowest BCUT2D eigenvalue weighted by Crippen LogP contribution is -2.04. The van der Waals surface area contributed by atoms with Crippen LogP contribution in [-0.4, -0.2) is 27.3 Å². The van der Waals surface area contributed by atoms with E-state index in [9.17, 15) is 0 Å².